The van der Waals surface area contributed by atoms with E-state index in [4.69, 9.17) is 0 Å². The predicted octanol–water partition coefficient (Wildman–Crippen LogP) is 2.19. The number of amides is 2. The second kappa shape index (κ2) is 5.29. The van der Waals surface area contributed by atoms with Crippen LogP contribution in [0.4, 0.5) is 0 Å². The number of hydrogen-bond donors (Lipinski definition) is 1. The molecule has 1 N–H and O–H groups in total. The average Bonchev–Trinajstić information content (AvgIpc) is 2.97. The Hall–Kier alpha value is -1.06. The van der Waals surface area contributed by atoms with Gasteiger partial charge >= 0.3 is 0 Å². The number of carbonyl (C=O) groups is 2. The fourth-order valence-electron chi connectivity index (χ4n) is 4.48. The van der Waals surface area contributed by atoms with Gasteiger partial charge in [-0.3, -0.25) is 9.59 Å². The van der Waals surface area contributed by atoms with Crippen LogP contribution in [0.5, 0.6) is 0 Å². The molecule has 0 radical (unpaired) electrons. The molecular weight excluding hydrogens is 264 g/mol. The van der Waals surface area contributed by atoms with E-state index in [-0.39, 0.29) is 23.3 Å². The van der Waals surface area contributed by atoms with E-state index in [1.165, 1.54) is 25.7 Å². The smallest absolute Gasteiger partial charge is 0.245 e. The van der Waals surface area contributed by atoms with Gasteiger partial charge in [-0.25, -0.2) is 0 Å². The van der Waals surface area contributed by atoms with Gasteiger partial charge in [0.2, 0.25) is 11.8 Å². The zero-order valence-corrected chi connectivity index (χ0v) is 13.5. The summed E-state index contributed by atoms with van der Waals surface area (Å²) in [7, 11) is 0. The molecule has 1 saturated heterocycles. The van der Waals surface area contributed by atoms with Crippen LogP contribution in [-0.4, -0.2) is 35.8 Å². The second-order valence-electron chi connectivity index (χ2n) is 8.34. The Morgan fingerprint density at radius 3 is 2.52 bits per heavy atom. The minimum Gasteiger partial charge on any atom is -0.344 e. The van der Waals surface area contributed by atoms with Crippen molar-refractivity contribution in [1.29, 1.82) is 0 Å². The number of rotatable bonds is 2. The lowest BCUT2D eigenvalue weighted by Crippen LogP contribution is -2.52. The second-order valence-corrected chi connectivity index (χ2v) is 8.34. The molecule has 4 nitrogen and oxygen atoms in total. The number of hydrogen-bond acceptors (Lipinski definition) is 2. The highest BCUT2D eigenvalue weighted by Crippen LogP contribution is 2.48. The van der Waals surface area contributed by atoms with Crippen molar-refractivity contribution in [2.24, 2.45) is 23.2 Å². The van der Waals surface area contributed by atoms with Gasteiger partial charge in [0.1, 0.15) is 6.04 Å². The monoisotopic (exact) mass is 292 g/mol. The molecule has 0 aromatic carbocycles. The fraction of sp³-hybridized carbons (Fsp3) is 0.882. The Labute approximate surface area is 127 Å². The molecule has 4 heteroatoms. The van der Waals surface area contributed by atoms with Crippen LogP contribution in [-0.2, 0) is 9.59 Å². The molecule has 2 aliphatic carbocycles. The lowest BCUT2D eigenvalue weighted by molar-refractivity contribution is -0.137. The van der Waals surface area contributed by atoms with Gasteiger partial charge in [0, 0.05) is 19.5 Å². The van der Waals surface area contributed by atoms with Crippen molar-refractivity contribution in [2.45, 2.75) is 58.9 Å². The minimum atomic E-state index is -0.383. The lowest BCUT2D eigenvalue weighted by atomic mass is 9.85. The zero-order valence-electron chi connectivity index (χ0n) is 13.5. The molecule has 1 heterocycles. The third-order valence-corrected chi connectivity index (χ3v) is 5.68. The van der Waals surface area contributed by atoms with Crippen LogP contribution in [0.25, 0.3) is 0 Å². The van der Waals surface area contributed by atoms with Crippen LogP contribution in [0.1, 0.15) is 52.9 Å². The fourth-order valence-corrected chi connectivity index (χ4v) is 4.48. The molecule has 3 aliphatic rings. The van der Waals surface area contributed by atoms with Gasteiger partial charge in [-0.1, -0.05) is 27.2 Å². The topological polar surface area (TPSA) is 49.4 Å². The van der Waals surface area contributed by atoms with Crippen molar-refractivity contribution in [1.82, 2.24) is 10.2 Å². The van der Waals surface area contributed by atoms with Crippen LogP contribution < -0.4 is 5.32 Å². The highest BCUT2D eigenvalue weighted by molar-refractivity contribution is 5.90. The standard InChI is InChI=1S/C17H28N2O2/c1-17(2,3)15-16(21)19(7-6-14(20)18-15)10-13-9-11-4-5-12(13)8-11/h11-13,15H,4-10H2,1-3H3,(H,18,20). The minimum absolute atomic E-state index is 0.0127. The van der Waals surface area contributed by atoms with Crippen molar-refractivity contribution in [3.05, 3.63) is 0 Å². The Balaban J connectivity index is 1.71. The van der Waals surface area contributed by atoms with E-state index < -0.39 is 0 Å². The summed E-state index contributed by atoms with van der Waals surface area (Å²) in [5, 5.41) is 2.93. The van der Waals surface area contributed by atoms with Crippen molar-refractivity contribution < 1.29 is 9.59 Å². The maximum atomic E-state index is 12.8. The number of carbonyl (C=O) groups excluding carboxylic acids is 2. The van der Waals surface area contributed by atoms with E-state index in [1.807, 2.05) is 25.7 Å². The molecule has 3 fully saturated rings. The first-order chi connectivity index (χ1) is 9.84. The van der Waals surface area contributed by atoms with Crippen LogP contribution in [0.3, 0.4) is 0 Å². The van der Waals surface area contributed by atoms with Crippen molar-refractivity contribution in [2.75, 3.05) is 13.1 Å². The van der Waals surface area contributed by atoms with E-state index in [0.29, 0.717) is 18.9 Å². The molecule has 1 aliphatic heterocycles. The molecule has 21 heavy (non-hydrogen) atoms. The first-order valence-electron chi connectivity index (χ1n) is 8.42. The average molecular weight is 292 g/mol. The summed E-state index contributed by atoms with van der Waals surface area (Å²) in [6.45, 7) is 7.53. The van der Waals surface area contributed by atoms with E-state index >= 15 is 0 Å². The van der Waals surface area contributed by atoms with Gasteiger partial charge in [0.15, 0.2) is 0 Å². The maximum Gasteiger partial charge on any atom is 0.245 e. The third-order valence-electron chi connectivity index (χ3n) is 5.68. The Morgan fingerprint density at radius 2 is 1.95 bits per heavy atom. The van der Waals surface area contributed by atoms with Crippen LogP contribution in [0.2, 0.25) is 0 Å². The first kappa shape index (κ1) is 14.9. The molecule has 3 rings (SSSR count). The molecule has 0 aromatic rings. The summed E-state index contributed by atoms with van der Waals surface area (Å²) < 4.78 is 0. The van der Waals surface area contributed by atoms with E-state index in [2.05, 4.69) is 5.32 Å². The van der Waals surface area contributed by atoms with Gasteiger partial charge in [-0.15, -0.1) is 0 Å². The van der Waals surface area contributed by atoms with Crippen molar-refractivity contribution in [3.8, 4) is 0 Å². The summed E-state index contributed by atoms with van der Waals surface area (Å²) in [5.41, 5.74) is -0.232. The molecular formula is C17H28N2O2. The summed E-state index contributed by atoms with van der Waals surface area (Å²) in [5.74, 6) is 2.53. The summed E-state index contributed by atoms with van der Waals surface area (Å²) in [6, 6.07) is -0.383. The summed E-state index contributed by atoms with van der Waals surface area (Å²) in [4.78, 5) is 26.7. The predicted molar refractivity (Wildman–Crippen MR) is 81.5 cm³/mol. The molecule has 4 atom stereocenters. The molecule has 2 bridgehead atoms. The molecule has 2 saturated carbocycles. The highest BCUT2D eigenvalue weighted by Gasteiger charge is 2.43. The zero-order chi connectivity index (χ0) is 15.2. The maximum absolute atomic E-state index is 12.8. The number of fused-ring (bicyclic) bond motifs is 2. The molecule has 118 valence electrons. The Morgan fingerprint density at radius 1 is 1.19 bits per heavy atom. The lowest BCUT2D eigenvalue weighted by Gasteiger charge is -2.34. The first-order valence-corrected chi connectivity index (χ1v) is 8.42. The molecule has 2 amide bonds. The molecule has 4 unspecified atom stereocenters. The SMILES string of the molecule is CC(C)(C)C1NC(=O)CCN(CC2CC3CCC2C3)C1=O. The van der Waals surface area contributed by atoms with Gasteiger partial charge < -0.3 is 10.2 Å². The third kappa shape index (κ3) is 2.95. The van der Waals surface area contributed by atoms with Crippen molar-refractivity contribution >= 4 is 11.8 Å². The van der Waals surface area contributed by atoms with Crippen LogP contribution >= 0.6 is 0 Å². The normalized spacial score (nSPS) is 36.8. The number of nitrogens with one attached hydrogen (secondary N) is 1. The van der Waals surface area contributed by atoms with Crippen LogP contribution in [0.15, 0.2) is 0 Å². The van der Waals surface area contributed by atoms with Gasteiger partial charge in [-0.2, -0.15) is 0 Å². The molecule has 0 aromatic heterocycles. The van der Waals surface area contributed by atoms with E-state index in [9.17, 15) is 9.59 Å². The van der Waals surface area contributed by atoms with Crippen LogP contribution in [0, 0.1) is 23.2 Å². The highest BCUT2D eigenvalue weighted by atomic mass is 16.2. The summed E-state index contributed by atoms with van der Waals surface area (Å²) in [6.07, 6.45) is 5.83. The van der Waals surface area contributed by atoms with Gasteiger partial charge in [-0.05, 0) is 42.4 Å². The largest absolute Gasteiger partial charge is 0.344 e. The quantitative estimate of drug-likeness (QED) is 0.848. The Bertz CT molecular complexity index is 441. The van der Waals surface area contributed by atoms with E-state index in [1.54, 1.807) is 0 Å². The summed E-state index contributed by atoms with van der Waals surface area (Å²) >= 11 is 0. The van der Waals surface area contributed by atoms with Gasteiger partial charge in [0.25, 0.3) is 0 Å². The number of nitrogens with zero attached hydrogens (tertiary/aromatic N) is 1. The Kier molecular flexibility index (Phi) is 3.74. The van der Waals surface area contributed by atoms with E-state index in [0.717, 1.165) is 18.4 Å². The molecule has 0 spiro atoms. The van der Waals surface area contributed by atoms with Crippen molar-refractivity contribution in [3.63, 3.8) is 0 Å². The van der Waals surface area contributed by atoms with Gasteiger partial charge in [0.05, 0.1) is 0 Å².